The van der Waals surface area contributed by atoms with Crippen LogP contribution >= 0.6 is 0 Å². The van der Waals surface area contributed by atoms with Crippen molar-refractivity contribution in [1.82, 2.24) is 9.97 Å². The number of carbonyl (C=O) groups is 1. The summed E-state index contributed by atoms with van der Waals surface area (Å²) in [5, 5.41) is 2.81. The molecule has 140 valence electrons. The van der Waals surface area contributed by atoms with Gasteiger partial charge in [0.2, 0.25) is 6.79 Å². The van der Waals surface area contributed by atoms with Crippen molar-refractivity contribution >= 4 is 23.1 Å². The molecule has 0 bridgehead atoms. The van der Waals surface area contributed by atoms with E-state index >= 15 is 0 Å². The minimum atomic E-state index is -0.326. The molecule has 1 N–H and O–H groups in total. The predicted octanol–water partition coefficient (Wildman–Crippen LogP) is 3.54. The van der Waals surface area contributed by atoms with Crippen LogP contribution in [0.2, 0.25) is 0 Å². The summed E-state index contributed by atoms with van der Waals surface area (Å²) < 4.78 is 10.6. The lowest BCUT2D eigenvalue weighted by atomic mass is 10.1. The Labute approximate surface area is 161 Å². The van der Waals surface area contributed by atoms with Gasteiger partial charge in [-0.2, -0.15) is 0 Å². The SMILES string of the molecule is CC1Cc2ccccc2N1c1cnc(C(=O)Nc2ccc3c(c2)OCO3)cn1. The Bertz CT molecular complexity index is 1050. The number of aromatic nitrogens is 2. The topological polar surface area (TPSA) is 76.6 Å². The van der Waals surface area contributed by atoms with Gasteiger partial charge in [0.15, 0.2) is 17.3 Å². The van der Waals surface area contributed by atoms with Crippen molar-refractivity contribution in [2.75, 3.05) is 17.0 Å². The summed E-state index contributed by atoms with van der Waals surface area (Å²) in [6, 6.07) is 13.8. The highest BCUT2D eigenvalue weighted by atomic mass is 16.7. The van der Waals surface area contributed by atoms with E-state index in [-0.39, 0.29) is 18.4 Å². The molecule has 0 spiro atoms. The van der Waals surface area contributed by atoms with Crippen molar-refractivity contribution in [2.45, 2.75) is 19.4 Å². The number of hydrogen-bond donors (Lipinski definition) is 1. The summed E-state index contributed by atoms with van der Waals surface area (Å²) in [6.07, 6.45) is 4.11. The number of nitrogens with zero attached hydrogens (tertiary/aromatic N) is 3. The first kappa shape index (κ1) is 16.6. The van der Waals surface area contributed by atoms with E-state index in [1.54, 1.807) is 24.4 Å². The van der Waals surface area contributed by atoms with Crippen LogP contribution in [0, 0.1) is 0 Å². The fourth-order valence-electron chi connectivity index (χ4n) is 3.65. The largest absolute Gasteiger partial charge is 0.454 e. The maximum Gasteiger partial charge on any atom is 0.275 e. The van der Waals surface area contributed by atoms with Crippen LogP contribution in [-0.2, 0) is 6.42 Å². The van der Waals surface area contributed by atoms with E-state index in [4.69, 9.17) is 9.47 Å². The first-order valence-corrected chi connectivity index (χ1v) is 9.09. The summed E-state index contributed by atoms with van der Waals surface area (Å²) in [6.45, 7) is 2.35. The third kappa shape index (κ3) is 2.81. The number of carbonyl (C=O) groups excluding carboxylic acids is 1. The number of hydrogen-bond acceptors (Lipinski definition) is 6. The Hall–Kier alpha value is -3.61. The van der Waals surface area contributed by atoms with Gasteiger partial charge in [0, 0.05) is 23.5 Å². The number of benzene rings is 2. The van der Waals surface area contributed by atoms with E-state index in [1.807, 2.05) is 12.1 Å². The van der Waals surface area contributed by atoms with E-state index in [2.05, 4.69) is 39.2 Å². The van der Waals surface area contributed by atoms with Crippen LogP contribution in [0.25, 0.3) is 0 Å². The van der Waals surface area contributed by atoms with Crippen LogP contribution in [0.3, 0.4) is 0 Å². The van der Waals surface area contributed by atoms with Crippen LogP contribution < -0.4 is 19.7 Å². The molecule has 3 aromatic rings. The molecule has 2 aliphatic rings. The predicted molar refractivity (Wildman–Crippen MR) is 104 cm³/mol. The molecule has 1 atom stereocenters. The molecule has 7 heteroatoms. The molecule has 0 saturated heterocycles. The molecular weight excluding hydrogens is 356 g/mol. The molecule has 1 unspecified atom stereocenters. The first-order valence-electron chi connectivity index (χ1n) is 9.09. The molecule has 0 saturated carbocycles. The van der Waals surface area contributed by atoms with Gasteiger partial charge < -0.3 is 19.7 Å². The number of amides is 1. The minimum absolute atomic E-state index is 0.192. The molecule has 1 amide bonds. The van der Waals surface area contributed by atoms with Gasteiger partial charge in [-0.1, -0.05) is 18.2 Å². The van der Waals surface area contributed by atoms with Gasteiger partial charge in [0.25, 0.3) is 5.91 Å². The number of rotatable bonds is 3. The van der Waals surface area contributed by atoms with Crippen LogP contribution in [0.4, 0.5) is 17.2 Å². The van der Waals surface area contributed by atoms with Crippen molar-refractivity contribution in [3.63, 3.8) is 0 Å². The van der Waals surface area contributed by atoms with Crippen molar-refractivity contribution in [1.29, 1.82) is 0 Å². The van der Waals surface area contributed by atoms with E-state index in [0.717, 1.165) is 17.9 Å². The molecule has 5 rings (SSSR count). The number of para-hydroxylation sites is 1. The Morgan fingerprint density at radius 2 is 1.96 bits per heavy atom. The third-order valence-corrected chi connectivity index (χ3v) is 4.96. The molecule has 3 heterocycles. The Morgan fingerprint density at radius 3 is 2.82 bits per heavy atom. The van der Waals surface area contributed by atoms with Gasteiger partial charge in [0.1, 0.15) is 5.69 Å². The number of nitrogens with one attached hydrogen (secondary N) is 1. The molecule has 0 aliphatic carbocycles. The van der Waals surface area contributed by atoms with E-state index in [9.17, 15) is 4.79 Å². The summed E-state index contributed by atoms with van der Waals surface area (Å²) in [5.74, 6) is 1.69. The van der Waals surface area contributed by atoms with Crippen LogP contribution in [0.5, 0.6) is 11.5 Å². The second kappa shape index (κ2) is 6.53. The van der Waals surface area contributed by atoms with Gasteiger partial charge in [-0.25, -0.2) is 9.97 Å². The van der Waals surface area contributed by atoms with Gasteiger partial charge >= 0.3 is 0 Å². The van der Waals surface area contributed by atoms with Gasteiger partial charge in [0.05, 0.1) is 12.4 Å². The molecule has 1 aromatic heterocycles. The van der Waals surface area contributed by atoms with E-state index in [0.29, 0.717) is 23.2 Å². The average Bonchev–Trinajstić information content (AvgIpc) is 3.31. The standard InChI is InChI=1S/C21H18N4O3/c1-13-8-14-4-2-3-5-17(14)25(13)20-11-22-16(10-23-20)21(26)24-15-6-7-18-19(9-15)28-12-27-18/h2-7,9-11,13H,8,12H2,1H3,(H,24,26). The summed E-state index contributed by atoms with van der Waals surface area (Å²) >= 11 is 0. The highest BCUT2D eigenvalue weighted by Gasteiger charge is 2.28. The first-order chi connectivity index (χ1) is 13.7. The monoisotopic (exact) mass is 374 g/mol. The third-order valence-electron chi connectivity index (χ3n) is 4.96. The van der Waals surface area contributed by atoms with Crippen LogP contribution in [0.1, 0.15) is 23.0 Å². The lowest BCUT2D eigenvalue weighted by Crippen LogP contribution is -2.25. The fraction of sp³-hybridized carbons (Fsp3) is 0.190. The normalized spacial score (nSPS) is 16.8. The Morgan fingerprint density at radius 1 is 1.11 bits per heavy atom. The van der Waals surface area contributed by atoms with Crippen molar-refractivity contribution in [3.05, 3.63) is 66.1 Å². The molecule has 28 heavy (non-hydrogen) atoms. The summed E-state index contributed by atoms with van der Waals surface area (Å²) in [4.78, 5) is 23.5. The molecule has 2 aromatic carbocycles. The zero-order valence-electron chi connectivity index (χ0n) is 15.3. The summed E-state index contributed by atoms with van der Waals surface area (Å²) in [7, 11) is 0. The second-order valence-electron chi connectivity index (χ2n) is 6.83. The van der Waals surface area contributed by atoms with Gasteiger partial charge in [-0.05, 0) is 37.1 Å². The highest BCUT2D eigenvalue weighted by Crippen LogP contribution is 2.37. The number of fused-ring (bicyclic) bond motifs is 2. The van der Waals surface area contributed by atoms with Crippen molar-refractivity contribution in [2.24, 2.45) is 0 Å². The smallest absolute Gasteiger partial charge is 0.275 e. The fourth-order valence-corrected chi connectivity index (χ4v) is 3.65. The quantitative estimate of drug-likeness (QED) is 0.756. The van der Waals surface area contributed by atoms with E-state index in [1.165, 1.54) is 11.8 Å². The van der Waals surface area contributed by atoms with E-state index < -0.39 is 0 Å². The van der Waals surface area contributed by atoms with Crippen LogP contribution in [-0.4, -0.2) is 28.7 Å². The lowest BCUT2D eigenvalue weighted by molar-refractivity contribution is 0.102. The molecular formula is C21H18N4O3. The Kier molecular flexibility index (Phi) is 3.86. The second-order valence-corrected chi connectivity index (χ2v) is 6.83. The molecule has 0 radical (unpaired) electrons. The minimum Gasteiger partial charge on any atom is -0.454 e. The van der Waals surface area contributed by atoms with Crippen LogP contribution in [0.15, 0.2) is 54.9 Å². The number of anilines is 3. The van der Waals surface area contributed by atoms with Gasteiger partial charge in [-0.3, -0.25) is 4.79 Å². The zero-order chi connectivity index (χ0) is 19.1. The molecule has 0 fully saturated rings. The van der Waals surface area contributed by atoms with Crippen molar-refractivity contribution < 1.29 is 14.3 Å². The molecule has 2 aliphatic heterocycles. The van der Waals surface area contributed by atoms with Gasteiger partial charge in [-0.15, -0.1) is 0 Å². The maximum atomic E-state index is 12.5. The summed E-state index contributed by atoms with van der Waals surface area (Å²) in [5.41, 5.74) is 3.30. The van der Waals surface area contributed by atoms with Crippen molar-refractivity contribution in [3.8, 4) is 11.5 Å². The average molecular weight is 374 g/mol. The zero-order valence-corrected chi connectivity index (χ0v) is 15.3. The maximum absolute atomic E-state index is 12.5. The molecule has 7 nitrogen and oxygen atoms in total. The highest BCUT2D eigenvalue weighted by molar-refractivity contribution is 6.02. The lowest BCUT2D eigenvalue weighted by Gasteiger charge is -2.23. The number of ether oxygens (including phenoxy) is 2. The Balaban J connectivity index is 1.34.